The summed E-state index contributed by atoms with van der Waals surface area (Å²) in [6.45, 7) is 3.36. The Morgan fingerprint density at radius 3 is 2.68 bits per heavy atom. The quantitative estimate of drug-likeness (QED) is 0.549. The highest BCUT2D eigenvalue weighted by molar-refractivity contribution is 6.00. The van der Waals surface area contributed by atoms with Crippen molar-refractivity contribution in [2.75, 3.05) is 26.9 Å². The second-order valence-electron chi connectivity index (χ2n) is 4.42. The highest BCUT2D eigenvalue weighted by Gasteiger charge is 2.20. The van der Waals surface area contributed by atoms with Crippen molar-refractivity contribution in [3.8, 4) is 5.75 Å². The molecule has 1 unspecified atom stereocenters. The van der Waals surface area contributed by atoms with Gasteiger partial charge in [0, 0.05) is 19.6 Å². The third kappa shape index (κ3) is 4.65. The lowest BCUT2D eigenvalue weighted by atomic mass is 9.93. The Labute approximate surface area is 114 Å². The molecule has 0 saturated heterocycles. The molecule has 0 saturated carbocycles. The van der Waals surface area contributed by atoms with Crippen LogP contribution in [0.3, 0.4) is 0 Å². The Hall–Kier alpha value is -1.39. The van der Waals surface area contributed by atoms with Crippen LogP contribution in [0.15, 0.2) is 24.3 Å². The summed E-state index contributed by atoms with van der Waals surface area (Å²) in [5, 5.41) is 0. The van der Waals surface area contributed by atoms with Gasteiger partial charge in [0.1, 0.15) is 12.4 Å². The molecule has 19 heavy (non-hydrogen) atoms. The van der Waals surface area contributed by atoms with Crippen LogP contribution in [0.2, 0.25) is 0 Å². The average molecular weight is 265 g/mol. The van der Waals surface area contributed by atoms with Crippen LogP contribution in [-0.4, -0.2) is 32.7 Å². The molecule has 0 bridgehead atoms. The van der Waals surface area contributed by atoms with Gasteiger partial charge in [0.05, 0.1) is 12.2 Å². The number of hydrogen-bond donors (Lipinski definition) is 1. The van der Waals surface area contributed by atoms with Gasteiger partial charge in [-0.25, -0.2) is 0 Å². The molecule has 1 aromatic carbocycles. The molecule has 0 aliphatic carbocycles. The molecule has 0 radical (unpaired) electrons. The molecule has 1 rings (SSSR count). The number of benzene rings is 1. The molecule has 2 N–H and O–H groups in total. The summed E-state index contributed by atoms with van der Waals surface area (Å²) in [5.41, 5.74) is 6.30. The summed E-state index contributed by atoms with van der Waals surface area (Å²) in [4.78, 5) is 12.4. The summed E-state index contributed by atoms with van der Waals surface area (Å²) in [5.74, 6) is 0.550. The van der Waals surface area contributed by atoms with E-state index in [1.165, 1.54) is 0 Å². The lowest BCUT2D eigenvalue weighted by Gasteiger charge is -2.15. The standard InChI is InChI=1S/C15H23NO3/c1-3-6-12(11-16)15(17)13-7-4-5-8-14(13)19-10-9-18-2/h4-5,7-8,12H,3,6,9-11,16H2,1-2H3. The SMILES string of the molecule is CCCC(CN)C(=O)c1ccccc1OCCOC. The Kier molecular flexibility index (Phi) is 7.15. The first-order valence-corrected chi connectivity index (χ1v) is 6.69. The minimum Gasteiger partial charge on any atom is -0.490 e. The van der Waals surface area contributed by atoms with Gasteiger partial charge in [-0.05, 0) is 18.6 Å². The number of hydrogen-bond acceptors (Lipinski definition) is 4. The minimum absolute atomic E-state index is 0.0670. The molecule has 4 heteroatoms. The van der Waals surface area contributed by atoms with E-state index in [0.717, 1.165) is 12.8 Å². The normalized spacial score (nSPS) is 12.2. The maximum atomic E-state index is 12.4. The van der Waals surface area contributed by atoms with Crippen molar-refractivity contribution >= 4 is 5.78 Å². The summed E-state index contributed by atoms with van der Waals surface area (Å²) in [6.07, 6.45) is 1.75. The van der Waals surface area contributed by atoms with Crippen molar-refractivity contribution < 1.29 is 14.3 Å². The topological polar surface area (TPSA) is 61.6 Å². The maximum Gasteiger partial charge on any atom is 0.170 e. The first kappa shape index (κ1) is 15.7. The lowest BCUT2D eigenvalue weighted by Crippen LogP contribution is -2.24. The Morgan fingerprint density at radius 1 is 1.32 bits per heavy atom. The largest absolute Gasteiger partial charge is 0.490 e. The predicted molar refractivity (Wildman–Crippen MR) is 75.6 cm³/mol. The van der Waals surface area contributed by atoms with Gasteiger partial charge in [-0.3, -0.25) is 4.79 Å². The molecule has 106 valence electrons. The van der Waals surface area contributed by atoms with Crippen LogP contribution >= 0.6 is 0 Å². The molecular weight excluding hydrogens is 242 g/mol. The van der Waals surface area contributed by atoms with Crippen molar-refractivity contribution in [1.29, 1.82) is 0 Å². The second kappa shape index (κ2) is 8.67. The first-order chi connectivity index (χ1) is 9.24. The number of carbonyl (C=O) groups is 1. The summed E-state index contributed by atoms with van der Waals surface area (Å²) in [6, 6.07) is 7.30. The van der Waals surface area contributed by atoms with Gasteiger partial charge in [0.25, 0.3) is 0 Å². The fourth-order valence-corrected chi connectivity index (χ4v) is 1.96. The lowest BCUT2D eigenvalue weighted by molar-refractivity contribution is 0.0910. The van der Waals surface area contributed by atoms with Gasteiger partial charge in [-0.2, -0.15) is 0 Å². The van der Waals surface area contributed by atoms with Crippen molar-refractivity contribution in [3.05, 3.63) is 29.8 Å². The molecule has 1 aromatic rings. The first-order valence-electron chi connectivity index (χ1n) is 6.69. The Morgan fingerprint density at radius 2 is 2.05 bits per heavy atom. The zero-order chi connectivity index (χ0) is 14.1. The van der Waals surface area contributed by atoms with Crippen molar-refractivity contribution in [2.45, 2.75) is 19.8 Å². The highest BCUT2D eigenvalue weighted by atomic mass is 16.5. The number of rotatable bonds is 9. The summed E-state index contributed by atoms with van der Waals surface area (Å²) < 4.78 is 10.5. The van der Waals surface area contributed by atoms with E-state index in [1.54, 1.807) is 13.2 Å². The fourth-order valence-electron chi connectivity index (χ4n) is 1.96. The summed E-state index contributed by atoms with van der Waals surface area (Å²) >= 11 is 0. The number of ether oxygens (including phenoxy) is 2. The molecule has 1 atom stereocenters. The van der Waals surface area contributed by atoms with Crippen molar-refractivity contribution in [2.24, 2.45) is 11.7 Å². The van der Waals surface area contributed by atoms with E-state index in [0.29, 0.717) is 31.1 Å². The second-order valence-corrected chi connectivity index (χ2v) is 4.42. The molecule has 0 amide bonds. The van der Waals surface area contributed by atoms with Gasteiger partial charge in [-0.15, -0.1) is 0 Å². The van der Waals surface area contributed by atoms with Crippen LogP contribution in [0, 0.1) is 5.92 Å². The summed E-state index contributed by atoms with van der Waals surface area (Å²) in [7, 11) is 1.62. The smallest absolute Gasteiger partial charge is 0.170 e. The van der Waals surface area contributed by atoms with Gasteiger partial charge in [-0.1, -0.05) is 25.5 Å². The van der Waals surface area contributed by atoms with Crippen LogP contribution in [0.4, 0.5) is 0 Å². The zero-order valence-electron chi connectivity index (χ0n) is 11.7. The Balaban J connectivity index is 2.82. The highest BCUT2D eigenvalue weighted by Crippen LogP contribution is 2.23. The van der Waals surface area contributed by atoms with Crippen LogP contribution in [0.1, 0.15) is 30.1 Å². The fraction of sp³-hybridized carbons (Fsp3) is 0.533. The van der Waals surface area contributed by atoms with E-state index in [1.807, 2.05) is 18.2 Å². The van der Waals surface area contributed by atoms with Crippen LogP contribution in [0.5, 0.6) is 5.75 Å². The van der Waals surface area contributed by atoms with E-state index in [9.17, 15) is 4.79 Å². The monoisotopic (exact) mass is 265 g/mol. The Bertz CT molecular complexity index is 393. The average Bonchev–Trinajstić information content (AvgIpc) is 2.45. The number of methoxy groups -OCH3 is 1. The van der Waals surface area contributed by atoms with E-state index in [-0.39, 0.29) is 11.7 Å². The van der Waals surface area contributed by atoms with Crippen LogP contribution in [-0.2, 0) is 4.74 Å². The number of ketones is 1. The zero-order valence-corrected chi connectivity index (χ0v) is 11.7. The number of nitrogens with two attached hydrogens (primary N) is 1. The molecule has 0 aromatic heterocycles. The van der Waals surface area contributed by atoms with Crippen LogP contribution < -0.4 is 10.5 Å². The third-order valence-corrected chi connectivity index (χ3v) is 2.99. The number of para-hydroxylation sites is 1. The van der Waals surface area contributed by atoms with Crippen LogP contribution in [0.25, 0.3) is 0 Å². The molecule has 4 nitrogen and oxygen atoms in total. The molecule has 0 aliphatic heterocycles. The van der Waals surface area contributed by atoms with Gasteiger partial charge >= 0.3 is 0 Å². The molecule has 0 heterocycles. The van der Waals surface area contributed by atoms with E-state index in [4.69, 9.17) is 15.2 Å². The number of carbonyl (C=O) groups excluding carboxylic acids is 1. The van der Waals surface area contributed by atoms with E-state index < -0.39 is 0 Å². The van der Waals surface area contributed by atoms with Gasteiger partial charge in [0.15, 0.2) is 5.78 Å². The van der Waals surface area contributed by atoms with E-state index >= 15 is 0 Å². The minimum atomic E-state index is -0.128. The molecular formula is C15H23NO3. The molecule has 0 fully saturated rings. The maximum absolute atomic E-state index is 12.4. The van der Waals surface area contributed by atoms with E-state index in [2.05, 4.69) is 6.92 Å². The van der Waals surface area contributed by atoms with Crippen molar-refractivity contribution in [3.63, 3.8) is 0 Å². The van der Waals surface area contributed by atoms with Crippen molar-refractivity contribution in [1.82, 2.24) is 0 Å². The molecule has 0 aliphatic rings. The predicted octanol–water partition coefficient (Wildman–Crippen LogP) is 2.27. The van der Waals surface area contributed by atoms with Gasteiger partial charge < -0.3 is 15.2 Å². The molecule has 0 spiro atoms. The number of Topliss-reactive ketones (excluding diaryl/α,β-unsaturated/α-hetero) is 1. The van der Waals surface area contributed by atoms with Gasteiger partial charge in [0.2, 0.25) is 0 Å². The third-order valence-electron chi connectivity index (χ3n) is 2.99.